The van der Waals surface area contributed by atoms with Crippen molar-refractivity contribution < 1.29 is 4.42 Å². The first-order valence-electron chi connectivity index (χ1n) is 6.51. The molecule has 2 N–H and O–H groups in total. The van der Waals surface area contributed by atoms with E-state index in [1.165, 1.54) is 36.1 Å². The Labute approximate surface area is 110 Å². The molecule has 2 heterocycles. The lowest BCUT2D eigenvalue weighted by molar-refractivity contribution is 0.500. The zero-order valence-corrected chi connectivity index (χ0v) is 11.1. The fraction of sp³-hybridized carbons (Fsp3) is 0.538. The highest BCUT2D eigenvalue weighted by molar-refractivity contribution is 7.15. The van der Waals surface area contributed by atoms with Crippen LogP contribution in [0.3, 0.4) is 0 Å². The number of hydrogen-bond donors (Lipinski definition) is 1. The second-order valence-electron chi connectivity index (χ2n) is 4.66. The molecule has 0 aliphatic heterocycles. The number of nitrogens with zero attached hydrogens (tertiary/aromatic N) is 2. The van der Waals surface area contributed by atoms with Crippen LogP contribution in [0.5, 0.6) is 0 Å². The topological polar surface area (TPSA) is 64.9 Å². The van der Waals surface area contributed by atoms with Gasteiger partial charge in [0.25, 0.3) is 5.89 Å². The van der Waals surface area contributed by atoms with Gasteiger partial charge >= 0.3 is 0 Å². The lowest BCUT2D eigenvalue weighted by atomic mass is 9.99. The number of thiophene rings is 1. The second-order valence-corrected chi connectivity index (χ2v) is 5.80. The van der Waals surface area contributed by atoms with E-state index in [4.69, 9.17) is 10.2 Å². The van der Waals surface area contributed by atoms with Crippen molar-refractivity contribution in [3.05, 3.63) is 22.4 Å². The number of nitrogens with two attached hydrogens (primary N) is 1. The molecule has 0 fully saturated rings. The van der Waals surface area contributed by atoms with Crippen LogP contribution in [0.15, 0.2) is 10.5 Å². The number of rotatable bonds is 4. The number of aromatic nitrogens is 2. The summed E-state index contributed by atoms with van der Waals surface area (Å²) in [6, 6.07) is 2.22. The largest absolute Gasteiger partial charge is 0.420 e. The lowest BCUT2D eigenvalue weighted by Crippen LogP contribution is -2.00. The molecule has 0 unspecified atom stereocenters. The third-order valence-corrected chi connectivity index (χ3v) is 4.49. The van der Waals surface area contributed by atoms with E-state index in [2.05, 4.69) is 16.3 Å². The Kier molecular flexibility index (Phi) is 3.43. The van der Waals surface area contributed by atoms with E-state index in [0.717, 1.165) is 17.7 Å². The van der Waals surface area contributed by atoms with Gasteiger partial charge in [-0.2, -0.15) is 0 Å². The van der Waals surface area contributed by atoms with E-state index in [0.29, 0.717) is 18.3 Å². The first kappa shape index (κ1) is 11.9. The molecule has 0 saturated carbocycles. The van der Waals surface area contributed by atoms with Gasteiger partial charge in [0.1, 0.15) is 0 Å². The third-order valence-electron chi connectivity index (χ3n) is 3.27. The highest BCUT2D eigenvalue weighted by Gasteiger charge is 2.17. The molecule has 0 radical (unpaired) electrons. The summed E-state index contributed by atoms with van der Waals surface area (Å²) in [5, 5.41) is 8.21. The quantitative estimate of drug-likeness (QED) is 0.920. The predicted molar refractivity (Wildman–Crippen MR) is 71.6 cm³/mol. The Morgan fingerprint density at radius 2 is 2.17 bits per heavy atom. The maximum Gasteiger partial charge on any atom is 0.257 e. The van der Waals surface area contributed by atoms with Crippen LogP contribution in [0, 0.1) is 0 Å². The SMILES string of the molecule is NCCCc1nnc(-c2cc3c(s2)CCCC3)o1. The molecule has 0 bridgehead atoms. The molecule has 2 aromatic heterocycles. The number of fused-ring (bicyclic) bond motifs is 1. The van der Waals surface area contributed by atoms with Crippen molar-refractivity contribution in [2.24, 2.45) is 5.73 Å². The van der Waals surface area contributed by atoms with Gasteiger partial charge in [0.2, 0.25) is 5.89 Å². The van der Waals surface area contributed by atoms with E-state index < -0.39 is 0 Å². The Balaban J connectivity index is 1.81. The van der Waals surface area contributed by atoms with Crippen molar-refractivity contribution in [2.45, 2.75) is 38.5 Å². The van der Waals surface area contributed by atoms with Gasteiger partial charge in [-0.1, -0.05) is 0 Å². The van der Waals surface area contributed by atoms with Crippen molar-refractivity contribution in [3.63, 3.8) is 0 Å². The second kappa shape index (κ2) is 5.20. The van der Waals surface area contributed by atoms with E-state index in [1.54, 1.807) is 11.3 Å². The van der Waals surface area contributed by atoms with Crippen LogP contribution in [0.4, 0.5) is 0 Å². The molecule has 1 aliphatic carbocycles. The summed E-state index contributed by atoms with van der Waals surface area (Å²) in [4.78, 5) is 2.62. The van der Waals surface area contributed by atoms with Crippen molar-refractivity contribution in [2.75, 3.05) is 6.54 Å². The Bertz CT molecular complexity index is 509. The highest BCUT2D eigenvalue weighted by Crippen LogP contribution is 2.35. The third kappa shape index (κ3) is 2.33. The monoisotopic (exact) mass is 263 g/mol. The van der Waals surface area contributed by atoms with Gasteiger partial charge in [-0.3, -0.25) is 0 Å². The molecule has 0 saturated heterocycles. The summed E-state index contributed by atoms with van der Waals surface area (Å²) in [7, 11) is 0. The lowest BCUT2D eigenvalue weighted by Gasteiger charge is -2.08. The van der Waals surface area contributed by atoms with Gasteiger partial charge in [0.15, 0.2) is 0 Å². The minimum Gasteiger partial charge on any atom is -0.420 e. The molecule has 0 amide bonds. The fourth-order valence-corrected chi connectivity index (χ4v) is 3.48. The zero-order valence-electron chi connectivity index (χ0n) is 10.3. The van der Waals surface area contributed by atoms with Crippen LogP contribution < -0.4 is 5.73 Å². The first-order valence-corrected chi connectivity index (χ1v) is 7.33. The molecule has 0 aromatic carbocycles. The van der Waals surface area contributed by atoms with E-state index in [9.17, 15) is 0 Å². The average Bonchev–Trinajstić information content (AvgIpc) is 3.02. The fourth-order valence-electron chi connectivity index (χ4n) is 2.30. The van der Waals surface area contributed by atoms with Crippen LogP contribution >= 0.6 is 11.3 Å². The van der Waals surface area contributed by atoms with Crippen molar-refractivity contribution >= 4 is 11.3 Å². The molecule has 5 heteroatoms. The molecule has 0 spiro atoms. The zero-order chi connectivity index (χ0) is 12.4. The standard InChI is InChI=1S/C13H17N3OS/c14-7-3-6-12-15-16-13(17-12)11-8-9-4-1-2-5-10(9)18-11/h8H,1-7,14H2. The van der Waals surface area contributed by atoms with E-state index in [-0.39, 0.29) is 0 Å². The summed E-state index contributed by atoms with van der Waals surface area (Å²) in [5.74, 6) is 1.36. The van der Waals surface area contributed by atoms with Gasteiger partial charge in [0.05, 0.1) is 4.88 Å². The van der Waals surface area contributed by atoms with Crippen LogP contribution in [-0.4, -0.2) is 16.7 Å². The molecule has 2 aromatic rings. The summed E-state index contributed by atoms with van der Waals surface area (Å²) < 4.78 is 5.68. The van der Waals surface area contributed by atoms with Crippen LogP contribution in [0.1, 0.15) is 35.6 Å². The average molecular weight is 263 g/mol. The molecule has 96 valence electrons. The van der Waals surface area contributed by atoms with Gasteiger partial charge in [-0.15, -0.1) is 21.5 Å². The van der Waals surface area contributed by atoms with Gasteiger partial charge < -0.3 is 10.2 Å². The molecule has 4 nitrogen and oxygen atoms in total. The summed E-state index contributed by atoms with van der Waals surface area (Å²) >= 11 is 1.80. The maximum absolute atomic E-state index is 5.68. The first-order chi connectivity index (χ1) is 8.86. The summed E-state index contributed by atoms with van der Waals surface area (Å²) in [6.07, 6.45) is 6.67. The molecule has 18 heavy (non-hydrogen) atoms. The molecule has 1 aliphatic rings. The normalized spacial score (nSPS) is 14.7. The Morgan fingerprint density at radius 3 is 3.00 bits per heavy atom. The van der Waals surface area contributed by atoms with Gasteiger partial charge in [0, 0.05) is 11.3 Å². The summed E-state index contributed by atoms with van der Waals surface area (Å²) in [6.45, 7) is 0.658. The maximum atomic E-state index is 5.68. The summed E-state index contributed by atoms with van der Waals surface area (Å²) in [5.41, 5.74) is 6.95. The Hall–Kier alpha value is -1.20. The molecular formula is C13H17N3OS. The highest BCUT2D eigenvalue weighted by atomic mass is 32.1. The van der Waals surface area contributed by atoms with E-state index >= 15 is 0 Å². The van der Waals surface area contributed by atoms with Gasteiger partial charge in [-0.05, 0) is 50.3 Å². The minimum absolute atomic E-state index is 0.658. The number of aryl methyl sites for hydroxylation is 3. The molecular weight excluding hydrogens is 246 g/mol. The van der Waals surface area contributed by atoms with Gasteiger partial charge in [-0.25, -0.2) is 0 Å². The van der Waals surface area contributed by atoms with Crippen LogP contribution in [-0.2, 0) is 19.3 Å². The predicted octanol–water partition coefficient (Wildman–Crippen LogP) is 2.57. The van der Waals surface area contributed by atoms with E-state index in [1.807, 2.05) is 0 Å². The van der Waals surface area contributed by atoms with Crippen molar-refractivity contribution in [3.8, 4) is 10.8 Å². The molecule has 0 atom stereocenters. The Morgan fingerprint density at radius 1 is 1.28 bits per heavy atom. The smallest absolute Gasteiger partial charge is 0.257 e. The van der Waals surface area contributed by atoms with Crippen molar-refractivity contribution in [1.82, 2.24) is 10.2 Å². The van der Waals surface area contributed by atoms with Crippen LogP contribution in [0.25, 0.3) is 10.8 Å². The number of hydrogen-bond acceptors (Lipinski definition) is 5. The van der Waals surface area contributed by atoms with Crippen molar-refractivity contribution in [1.29, 1.82) is 0 Å². The minimum atomic E-state index is 0.658. The van der Waals surface area contributed by atoms with Crippen LogP contribution in [0.2, 0.25) is 0 Å². The molecule has 3 rings (SSSR count).